The fourth-order valence-electron chi connectivity index (χ4n) is 7.39. The first-order chi connectivity index (χ1) is 23.1. The number of anilines is 3. The average Bonchev–Trinajstić information content (AvgIpc) is 3.60. The summed E-state index contributed by atoms with van der Waals surface area (Å²) in [6, 6.07) is 58.7. The Morgan fingerprint density at radius 1 is 0.511 bits per heavy atom. The Kier molecular flexibility index (Phi) is 6.16. The molecule has 8 aromatic rings. The van der Waals surface area contributed by atoms with Gasteiger partial charge in [0.05, 0.1) is 11.0 Å². The third-order valence-electron chi connectivity index (χ3n) is 9.72. The smallest absolute Gasteiger partial charge is 0.145 e. The molecule has 7 aromatic carbocycles. The lowest BCUT2D eigenvalue weighted by atomic mass is 9.81. The van der Waals surface area contributed by atoms with Crippen molar-refractivity contribution < 1.29 is 0 Å². The number of aromatic nitrogens is 2. The molecule has 0 radical (unpaired) electrons. The van der Waals surface area contributed by atoms with Crippen LogP contribution in [-0.2, 0) is 5.41 Å². The summed E-state index contributed by atoms with van der Waals surface area (Å²) in [5, 5.41) is 2.47. The van der Waals surface area contributed by atoms with Crippen molar-refractivity contribution >= 4 is 38.9 Å². The molecule has 47 heavy (non-hydrogen) atoms. The van der Waals surface area contributed by atoms with Crippen LogP contribution in [-0.4, -0.2) is 9.55 Å². The van der Waals surface area contributed by atoms with E-state index in [9.17, 15) is 0 Å². The van der Waals surface area contributed by atoms with Crippen molar-refractivity contribution in [3.05, 3.63) is 175 Å². The normalized spacial score (nSPS) is 13.1. The van der Waals surface area contributed by atoms with Crippen molar-refractivity contribution in [1.82, 2.24) is 9.55 Å². The summed E-state index contributed by atoms with van der Waals surface area (Å²) in [5.74, 6) is 0.959. The molecule has 0 saturated heterocycles. The largest absolute Gasteiger partial charge is 0.310 e. The summed E-state index contributed by atoms with van der Waals surface area (Å²) in [6.45, 7) is 4.71. The average molecular weight is 604 g/mol. The van der Waals surface area contributed by atoms with Gasteiger partial charge in [-0.25, -0.2) is 4.98 Å². The Bertz CT molecular complexity index is 2370. The van der Waals surface area contributed by atoms with Crippen molar-refractivity contribution in [2.24, 2.45) is 0 Å². The number of rotatable bonds is 5. The molecule has 1 aromatic heterocycles. The van der Waals surface area contributed by atoms with Crippen LogP contribution in [0.15, 0.2) is 164 Å². The molecule has 0 aliphatic heterocycles. The molecule has 1 aliphatic rings. The van der Waals surface area contributed by atoms with E-state index in [1.54, 1.807) is 0 Å². The monoisotopic (exact) mass is 603 g/mol. The van der Waals surface area contributed by atoms with Gasteiger partial charge in [-0.1, -0.05) is 105 Å². The minimum Gasteiger partial charge on any atom is -0.310 e. The number of hydrogen-bond acceptors (Lipinski definition) is 2. The van der Waals surface area contributed by atoms with Crippen LogP contribution in [0.25, 0.3) is 50.0 Å². The van der Waals surface area contributed by atoms with E-state index in [0.717, 1.165) is 45.2 Å². The van der Waals surface area contributed by atoms with Crippen molar-refractivity contribution in [1.29, 1.82) is 0 Å². The number of para-hydroxylation sites is 3. The maximum absolute atomic E-state index is 5.27. The lowest BCUT2D eigenvalue weighted by molar-refractivity contribution is 0.662. The first-order valence-corrected chi connectivity index (χ1v) is 16.2. The van der Waals surface area contributed by atoms with Gasteiger partial charge in [0.15, 0.2) is 0 Å². The SMILES string of the molecule is CC1(C)c2cc3cc(N(c4ccccc4)c4ccccc4)ccc3cc2-c2cc3c(cc21)nc(-c1ccccc1)n3-c1ccccc1. The fourth-order valence-corrected chi connectivity index (χ4v) is 7.39. The molecule has 0 fully saturated rings. The van der Waals surface area contributed by atoms with Crippen LogP contribution in [0.1, 0.15) is 25.0 Å². The summed E-state index contributed by atoms with van der Waals surface area (Å²) in [6.07, 6.45) is 0. The first kappa shape index (κ1) is 27.4. The van der Waals surface area contributed by atoms with Gasteiger partial charge in [-0.15, -0.1) is 0 Å². The maximum atomic E-state index is 5.27. The van der Waals surface area contributed by atoms with E-state index in [0.29, 0.717) is 0 Å². The van der Waals surface area contributed by atoms with Crippen LogP contribution in [0.4, 0.5) is 17.1 Å². The van der Waals surface area contributed by atoms with Crippen LogP contribution in [0.3, 0.4) is 0 Å². The third kappa shape index (κ3) is 4.39. The van der Waals surface area contributed by atoms with E-state index in [-0.39, 0.29) is 5.41 Å². The second-order valence-corrected chi connectivity index (χ2v) is 12.9. The number of nitrogens with zero attached hydrogens (tertiary/aromatic N) is 3. The zero-order chi connectivity index (χ0) is 31.5. The molecule has 0 spiro atoms. The van der Waals surface area contributed by atoms with Gasteiger partial charge in [0.2, 0.25) is 0 Å². The summed E-state index contributed by atoms with van der Waals surface area (Å²) in [5.41, 5.74) is 12.9. The molecule has 1 heterocycles. The van der Waals surface area contributed by atoms with Gasteiger partial charge in [-0.3, -0.25) is 4.57 Å². The number of imidazole rings is 1. The molecule has 0 unspecified atom stereocenters. The van der Waals surface area contributed by atoms with Gasteiger partial charge < -0.3 is 4.90 Å². The Labute approximate surface area is 275 Å². The topological polar surface area (TPSA) is 21.1 Å². The van der Waals surface area contributed by atoms with Crippen molar-refractivity contribution in [3.63, 3.8) is 0 Å². The molecule has 0 saturated carbocycles. The van der Waals surface area contributed by atoms with Crippen LogP contribution < -0.4 is 4.90 Å². The van der Waals surface area contributed by atoms with Gasteiger partial charge in [-0.2, -0.15) is 0 Å². The van der Waals surface area contributed by atoms with E-state index < -0.39 is 0 Å². The Morgan fingerprint density at radius 3 is 1.74 bits per heavy atom. The second-order valence-electron chi connectivity index (χ2n) is 12.9. The van der Waals surface area contributed by atoms with Gasteiger partial charge in [0.1, 0.15) is 5.82 Å². The molecular formula is C44H33N3. The lowest BCUT2D eigenvalue weighted by Crippen LogP contribution is -2.15. The van der Waals surface area contributed by atoms with Gasteiger partial charge in [-0.05, 0) is 106 Å². The first-order valence-electron chi connectivity index (χ1n) is 16.2. The number of hydrogen-bond donors (Lipinski definition) is 0. The minimum absolute atomic E-state index is 0.176. The Hall–Kier alpha value is -5.93. The van der Waals surface area contributed by atoms with Gasteiger partial charge >= 0.3 is 0 Å². The van der Waals surface area contributed by atoms with E-state index in [4.69, 9.17) is 4.98 Å². The molecule has 0 bridgehead atoms. The second kappa shape index (κ2) is 10.6. The highest BCUT2D eigenvalue weighted by Crippen LogP contribution is 2.52. The molecule has 9 rings (SSSR count). The van der Waals surface area contributed by atoms with Crippen molar-refractivity contribution in [2.75, 3.05) is 4.90 Å². The van der Waals surface area contributed by atoms with Crippen LogP contribution in [0, 0.1) is 0 Å². The highest BCUT2D eigenvalue weighted by Gasteiger charge is 2.37. The quantitative estimate of drug-likeness (QED) is 0.195. The third-order valence-corrected chi connectivity index (χ3v) is 9.72. The summed E-state index contributed by atoms with van der Waals surface area (Å²) >= 11 is 0. The molecule has 224 valence electrons. The van der Waals surface area contributed by atoms with E-state index in [2.05, 4.69) is 187 Å². The zero-order valence-corrected chi connectivity index (χ0v) is 26.4. The van der Waals surface area contributed by atoms with Crippen molar-refractivity contribution in [3.8, 4) is 28.2 Å². The van der Waals surface area contributed by atoms with E-state index >= 15 is 0 Å². The minimum atomic E-state index is -0.176. The Balaban J connectivity index is 1.23. The van der Waals surface area contributed by atoms with Gasteiger partial charge in [0.25, 0.3) is 0 Å². The predicted molar refractivity (Wildman–Crippen MR) is 196 cm³/mol. The van der Waals surface area contributed by atoms with Crippen LogP contribution >= 0.6 is 0 Å². The number of benzene rings is 7. The Morgan fingerprint density at radius 2 is 1.09 bits per heavy atom. The molecule has 0 atom stereocenters. The standard InChI is InChI=1S/C44H33N3/c1-44(2)39-27-32-25-36(46(33-17-9-4-10-18-33)34-19-11-5-12-20-34)24-23-31(32)26-37(39)38-28-42-41(29-40(38)44)45-43(30-15-7-3-8-16-30)47(42)35-21-13-6-14-22-35/h3-29H,1-2H3. The molecule has 3 heteroatoms. The molecular weight excluding hydrogens is 571 g/mol. The molecule has 3 nitrogen and oxygen atoms in total. The fraction of sp³-hybridized carbons (Fsp3) is 0.0682. The summed E-state index contributed by atoms with van der Waals surface area (Å²) < 4.78 is 2.31. The summed E-state index contributed by atoms with van der Waals surface area (Å²) in [7, 11) is 0. The maximum Gasteiger partial charge on any atom is 0.145 e. The molecule has 1 aliphatic carbocycles. The van der Waals surface area contributed by atoms with Crippen LogP contribution in [0.5, 0.6) is 0 Å². The lowest BCUT2D eigenvalue weighted by Gasteiger charge is -2.26. The van der Waals surface area contributed by atoms with Crippen molar-refractivity contribution in [2.45, 2.75) is 19.3 Å². The summed E-state index contributed by atoms with van der Waals surface area (Å²) in [4.78, 5) is 7.60. The highest BCUT2D eigenvalue weighted by atomic mass is 15.1. The predicted octanol–water partition coefficient (Wildman–Crippen LogP) is 11.6. The van der Waals surface area contributed by atoms with Crippen LogP contribution in [0.2, 0.25) is 0 Å². The van der Waals surface area contributed by atoms with E-state index in [1.165, 1.54) is 33.0 Å². The van der Waals surface area contributed by atoms with E-state index in [1.807, 2.05) is 0 Å². The zero-order valence-electron chi connectivity index (χ0n) is 26.4. The highest BCUT2D eigenvalue weighted by molar-refractivity contribution is 5.99. The number of fused-ring (bicyclic) bond motifs is 5. The van der Waals surface area contributed by atoms with Gasteiger partial charge in [0, 0.05) is 33.7 Å². The molecule has 0 amide bonds. The molecule has 0 N–H and O–H groups in total.